The van der Waals surface area contributed by atoms with Gasteiger partial charge in [-0.15, -0.1) is 10.2 Å². The Kier molecular flexibility index (Phi) is 2.65. The minimum absolute atomic E-state index is 0.534. The van der Waals surface area contributed by atoms with Gasteiger partial charge in [-0.25, -0.2) is 0 Å². The van der Waals surface area contributed by atoms with E-state index < -0.39 is 0 Å². The summed E-state index contributed by atoms with van der Waals surface area (Å²) < 4.78 is 1.92. The standard InChI is InChI=1S/C9H8N4S/c10-5-3-7-14-9-12-11-8-4-1-2-6-13(8)9/h1-2,4,6H,3,7H2. The molecule has 4 nitrogen and oxygen atoms in total. The average molecular weight is 204 g/mol. The molecular formula is C9H8N4S. The van der Waals surface area contributed by atoms with E-state index in [-0.39, 0.29) is 0 Å². The lowest BCUT2D eigenvalue weighted by Crippen LogP contribution is -1.86. The zero-order valence-electron chi connectivity index (χ0n) is 7.42. The molecule has 70 valence electrons. The predicted molar refractivity (Wildman–Crippen MR) is 53.9 cm³/mol. The van der Waals surface area contributed by atoms with E-state index in [4.69, 9.17) is 5.26 Å². The van der Waals surface area contributed by atoms with E-state index >= 15 is 0 Å². The van der Waals surface area contributed by atoms with Crippen LogP contribution in [0, 0.1) is 11.3 Å². The van der Waals surface area contributed by atoms with Gasteiger partial charge in [0.1, 0.15) is 0 Å². The van der Waals surface area contributed by atoms with Gasteiger partial charge in [0.25, 0.3) is 0 Å². The lowest BCUT2D eigenvalue weighted by Gasteiger charge is -1.95. The number of aromatic nitrogens is 3. The van der Waals surface area contributed by atoms with Crippen molar-refractivity contribution in [3.05, 3.63) is 24.4 Å². The van der Waals surface area contributed by atoms with Crippen molar-refractivity contribution in [2.45, 2.75) is 11.6 Å². The molecule has 0 atom stereocenters. The number of rotatable bonds is 3. The smallest absolute Gasteiger partial charge is 0.195 e. The topological polar surface area (TPSA) is 54.0 Å². The second kappa shape index (κ2) is 4.11. The molecule has 0 spiro atoms. The van der Waals surface area contributed by atoms with Gasteiger partial charge < -0.3 is 0 Å². The second-order valence-corrected chi connectivity index (χ2v) is 3.73. The van der Waals surface area contributed by atoms with Crippen molar-refractivity contribution in [3.63, 3.8) is 0 Å². The summed E-state index contributed by atoms with van der Waals surface area (Å²) >= 11 is 1.55. The first-order valence-corrected chi connectivity index (χ1v) is 5.20. The molecule has 0 unspecified atom stereocenters. The lowest BCUT2D eigenvalue weighted by atomic mass is 10.5. The number of fused-ring (bicyclic) bond motifs is 1. The van der Waals surface area contributed by atoms with Crippen molar-refractivity contribution in [1.29, 1.82) is 5.26 Å². The summed E-state index contributed by atoms with van der Waals surface area (Å²) in [5, 5.41) is 17.3. The summed E-state index contributed by atoms with van der Waals surface area (Å²) in [4.78, 5) is 0. The summed E-state index contributed by atoms with van der Waals surface area (Å²) in [5.74, 6) is 0.756. The molecule has 0 saturated heterocycles. The first kappa shape index (κ1) is 9.03. The minimum atomic E-state index is 0.534. The predicted octanol–water partition coefficient (Wildman–Crippen LogP) is 1.74. The van der Waals surface area contributed by atoms with E-state index in [0.29, 0.717) is 6.42 Å². The van der Waals surface area contributed by atoms with Crippen LogP contribution in [0.5, 0.6) is 0 Å². The number of thioether (sulfide) groups is 1. The number of hydrogen-bond donors (Lipinski definition) is 0. The Morgan fingerprint density at radius 3 is 3.21 bits per heavy atom. The first-order chi connectivity index (χ1) is 6.92. The summed E-state index contributed by atoms with van der Waals surface area (Å²) in [7, 11) is 0. The van der Waals surface area contributed by atoms with Crippen molar-refractivity contribution in [2.75, 3.05) is 5.75 Å². The van der Waals surface area contributed by atoms with Crippen molar-refractivity contribution >= 4 is 17.4 Å². The number of hydrogen-bond acceptors (Lipinski definition) is 4. The number of pyridine rings is 1. The van der Waals surface area contributed by atoms with Crippen molar-refractivity contribution in [1.82, 2.24) is 14.6 Å². The van der Waals surface area contributed by atoms with Crippen LogP contribution in [0.2, 0.25) is 0 Å². The normalized spacial score (nSPS) is 10.2. The lowest BCUT2D eigenvalue weighted by molar-refractivity contribution is 0.920. The van der Waals surface area contributed by atoms with E-state index in [1.807, 2.05) is 28.8 Å². The molecule has 2 rings (SSSR count). The minimum Gasteiger partial charge on any atom is -0.277 e. The Morgan fingerprint density at radius 2 is 2.36 bits per heavy atom. The van der Waals surface area contributed by atoms with Crippen LogP contribution in [-0.4, -0.2) is 20.4 Å². The fourth-order valence-electron chi connectivity index (χ4n) is 1.11. The quantitative estimate of drug-likeness (QED) is 0.564. The molecule has 2 aromatic rings. The van der Waals surface area contributed by atoms with Gasteiger partial charge >= 0.3 is 0 Å². The highest BCUT2D eigenvalue weighted by molar-refractivity contribution is 7.99. The molecule has 2 aromatic heterocycles. The molecule has 0 radical (unpaired) electrons. The Balaban J connectivity index is 2.22. The van der Waals surface area contributed by atoms with E-state index in [9.17, 15) is 0 Å². The molecule has 0 amide bonds. The van der Waals surface area contributed by atoms with Crippen molar-refractivity contribution in [3.8, 4) is 6.07 Å². The highest BCUT2D eigenvalue weighted by Crippen LogP contribution is 2.16. The molecule has 2 heterocycles. The maximum atomic E-state index is 8.40. The third-order valence-corrected chi connectivity index (χ3v) is 2.67. The van der Waals surface area contributed by atoms with Crippen LogP contribution in [0.3, 0.4) is 0 Å². The third-order valence-electron chi connectivity index (χ3n) is 1.73. The Morgan fingerprint density at radius 1 is 1.43 bits per heavy atom. The van der Waals surface area contributed by atoms with Crippen molar-refractivity contribution in [2.24, 2.45) is 0 Å². The third kappa shape index (κ3) is 1.70. The summed E-state index contributed by atoms with van der Waals surface area (Å²) in [6, 6.07) is 7.86. The largest absolute Gasteiger partial charge is 0.277 e. The van der Waals surface area contributed by atoms with E-state index in [0.717, 1.165) is 16.6 Å². The van der Waals surface area contributed by atoms with E-state index in [1.54, 1.807) is 11.8 Å². The SMILES string of the molecule is N#CCCSc1nnc2ccccn12. The van der Waals surface area contributed by atoms with Gasteiger partial charge in [0, 0.05) is 18.4 Å². The molecule has 0 aromatic carbocycles. The van der Waals surface area contributed by atoms with Crippen LogP contribution in [0.15, 0.2) is 29.6 Å². The van der Waals surface area contributed by atoms with Gasteiger partial charge in [0.05, 0.1) is 6.07 Å². The van der Waals surface area contributed by atoms with Crippen LogP contribution in [-0.2, 0) is 0 Å². The Hall–Kier alpha value is -1.54. The maximum Gasteiger partial charge on any atom is 0.195 e. The molecule has 0 N–H and O–H groups in total. The molecular weight excluding hydrogens is 196 g/mol. The van der Waals surface area contributed by atoms with Crippen LogP contribution >= 0.6 is 11.8 Å². The summed E-state index contributed by atoms with van der Waals surface area (Å²) in [5.41, 5.74) is 0.840. The molecule has 0 fully saturated rings. The summed E-state index contributed by atoms with van der Waals surface area (Å²) in [6.07, 6.45) is 2.45. The highest BCUT2D eigenvalue weighted by Gasteiger charge is 2.03. The zero-order valence-corrected chi connectivity index (χ0v) is 8.24. The van der Waals surface area contributed by atoms with Crippen LogP contribution < -0.4 is 0 Å². The highest BCUT2D eigenvalue weighted by atomic mass is 32.2. The molecule has 0 bridgehead atoms. The Labute approximate surface area is 85.6 Å². The fourth-order valence-corrected chi connectivity index (χ4v) is 1.87. The Bertz CT molecular complexity index is 471. The van der Waals surface area contributed by atoms with E-state index in [2.05, 4.69) is 16.3 Å². The van der Waals surface area contributed by atoms with Crippen LogP contribution in [0.4, 0.5) is 0 Å². The van der Waals surface area contributed by atoms with Gasteiger partial charge in [-0.2, -0.15) is 5.26 Å². The van der Waals surface area contributed by atoms with Gasteiger partial charge in [0.15, 0.2) is 10.8 Å². The maximum absolute atomic E-state index is 8.40. The molecule has 0 aliphatic heterocycles. The number of nitrogens with zero attached hydrogens (tertiary/aromatic N) is 4. The zero-order chi connectivity index (χ0) is 9.80. The molecule has 0 aliphatic carbocycles. The average Bonchev–Trinajstić information content (AvgIpc) is 2.63. The van der Waals surface area contributed by atoms with Crippen molar-refractivity contribution < 1.29 is 0 Å². The van der Waals surface area contributed by atoms with Crippen LogP contribution in [0.1, 0.15) is 6.42 Å². The van der Waals surface area contributed by atoms with Gasteiger partial charge in [-0.1, -0.05) is 17.8 Å². The van der Waals surface area contributed by atoms with Gasteiger partial charge in [-0.05, 0) is 12.1 Å². The van der Waals surface area contributed by atoms with E-state index in [1.165, 1.54) is 0 Å². The van der Waals surface area contributed by atoms with Crippen LogP contribution in [0.25, 0.3) is 5.65 Å². The van der Waals surface area contributed by atoms with Gasteiger partial charge in [-0.3, -0.25) is 4.40 Å². The monoisotopic (exact) mass is 204 g/mol. The molecule has 14 heavy (non-hydrogen) atoms. The van der Waals surface area contributed by atoms with Gasteiger partial charge in [0.2, 0.25) is 0 Å². The second-order valence-electron chi connectivity index (χ2n) is 2.67. The summed E-state index contributed by atoms with van der Waals surface area (Å²) in [6.45, 7) is 0. The fraction of sp³-hybridized carbons (Fsp3) is 0.222. The molecule has 0 saturated carbocycles. The molecule has 5 heteroatoms. The molecule has 0 aliphatic rings. The number of nitriles is 1. The first-order valence-electron chi connectivity index (χ1n) is 4.21.